The molecular formula is C19H19N3O3S2. The Morgan fingerprint density at radius 3 is 2.67 bits per heavy atom. The summed E-state index contributed by atoms with van der Waals surface area (Å²) >= 11 is 2.72. The third kappa shape index (κ3) is 4.72. The Bertz CT molecular complexity index is 929. The molecule has 140 valence electrons. The van der Waals surface area contributed by atoms with Gasteiger partial charge in [-0.3, -0.25) is 4.79 Å². The summed E-state index contributed by atoms with van der Waals surface area (Å²) in [7, 11) is 3.12. The number of nitrogen functional groups attached to an aromatic ring is 1. The molecule has 0 aliphatic carbocycles. The van der Waals surface area contributed by atoms with E-state index in [1.807, 2.05) is 30.3 Å². The molecule has 27 heavy (non-hydrogen) atoms. The van der Waals surface area contributed by atoms with Crippen molar-refractivity contribution < 1.29 is 14.3 Å². The molecule has 8 heteroatoms. The Morgan fingerprint density at radius 2 is 1.96 bits per heavy atom. The first kappa shape index (κ1) is 19.1. The SMILES string of the molecule is COc1ccc(OC)c(NC(=O)CSc2nc(-c3ccccc3)c(N)s2)c1. The Kier molecular flexibility index (Phi) is 6.20. The molecule has 2 aromatic carbocycles. The van der Waals surface area contributed by atoms with Crippen LogP contribution in [0.4, 0.5) is 10.7 Å². The number of hydrogen-bond donors (Lipinski definition) is 2. The van der Waals surface area contributed by atoms with Crippen molar-refractivity contribution in [3.05, 3.63) is 48.5 Å². The lowest BCUT2D eigenvalue weighted by atomic mass is 10.2. The molecule has 3 N–H and O–H groups in total. The summed E-state index contributed by atoms with van der Waals surface area (Å²) in [4.78, 5) is 16.9. The van der Waals surface area contributed by atoms with Crippen molar-refractivity contribution in [2.24, 2.45) is 0 Å². The van der Waals surface area contributed by atoms with E-state index in [2.05, 4.69) is 10.3 Å². The van der Waals surface area contributed by atoms with Gasteiger partial charge in [0.1, 0.15) is 22.2 Å². The molecule has 0 saturated carbocycles. The quantitative estimate of drug-likeness (QED) is 0.579. The highest BCUT2D eigenvalue weighted by Gasteiger charge is 2.14. The smallest absolute Gasteiger partial charge is 0.234 e. The highest BCUT2D eigenvalue weighted by Crippen LogP contribution is 2.35. The first-order chi connectivity index (χ1) is 13.1. The highest BCUT2D eigenvalue weighted by molar-refractivity contribution is 8.01. The van der Waals surface area contributed by atoms with E-state index in [1.165, 1.54) is 23.1 Å². The third-order valence-electron chi connectivity index (χ3n) is 3.69. The van der Waals surface area contributed by atoms with E-state index in [9.17, 15) is 4.79 Å². The van der Waals surface area contributed by atoms with Gasteiger partial charge in [-0.25, -0.2) is 4.98 Å². The molecule has 6 nitrogen and oxygen atoms in total. The first-order valence-electron chi connectivity index (χ1n) is 8.07. The zero-order chi connectivity index (χ0) is 19.2. The molecule has 1 aromatic heterocycles. The van der Waals surface area contributed by atoms with Crippen LogP contribution in [0.2, 0.25) is 0 Å². The van der Waals surface area contributed by atoms with Gasteiger partial charge in [0.25, 0.3) is 0 Å². The lowest BCUT2D eigenvalue weighted by Crippen LogP contribution is -2.14. The number of nitrogens with zero attached hydrogens (tertiary/aromatic N) is 1. The van der Waals surface area contributed by atoms with Crippen LogP contribution in [0, 0.1) is 0 Å². The van der Waals surface area contributed by atoms with Crippen LogP contribution in [-0.4, -0.2) is 30.9 Å². The molecule has 0 aliphatic rings. The van der Waals surface area contributed by atoms with Crippen LogP contribution in [0.5, 0.6) is 11.5 Å². The minimum absolute atomic E-state index is 0.165. The van der Waals surface area contributed by atoms with Gasteiger partial charge >= 0.3 is 0 Å². The van der Waals surface area contributed by atoms with Crippen LogP contribution in [0.15, 0.2) is 52.9 Å². The second kappa shape index (κ2) is 8.79. The molecule has 0 spiro atoms. The van der Waals surface area contributed by atoms with Gasteiger partial charge in [-0.05, 0) is 12.1 Å². The van der Waals surface area contributed by atoms with E-state index in [-0.39, 0.29) is 11.7 Å². The maximum Gasteiger partial charge on any atom is 0.234 e. The summed E-state index contributed by atoms with van der Waals surface area (Å²) in [6.45, 7) is 0. The van der Waals surface area contributed by atoms with Crippen molar-refractivity contribution in [3.8, 4) is 22.8 Å². The molecule has 3 rings (SSSR count). The fourth-order valence-corrected chi connectivity index (χ4v) is 4.15. The summed E-state index contributed by atoms with van der Waals surface area (Å²) in [5.41, 5.74) is 8.36. The van der Waals surface area contributed by atoms with Crippen molar-refractivity contribution in [2.75, 3.05) is 31.0 Å². The van der Waals surface area contributed by atoms with Gasteiger partial charge in [-0.2, -0.15) is 0 Å². The van der Waals surface area contributed by atoms with Gasteiger partial charge in [0.05, 0.1) is 25.7 Å². The van der Waals surface area contributed by atoms with E-state index in [0.717, 1.165) is 15.6 Å². The Labute approximate surface area is 165 Å². The van der Waals surface area contributed by atoms with E-state index in [4.69, 9.17) is 15.2 Å². The Morgan fingerprint density at radius 1 is 1.19 bits per heavy atom. The zero-order valence-electron chi connectivity index (χ0n) is 14.9. The standard InChI is InChI=1S/C19H19N3O3S2/c1-24-13-8-9-15(25-2)14(10-13)21-16(23)11-26-19-22-17(18(20)27-19)12-6-4-3-5-7-12/h3-10H,11,20H2,1-2H3,(H,21,23). The molecule has 0 aliphatic heterocycles. The number of amides is 1. The van der Waals surface area contributed by atoms with Gasteiger partial charge < -0.3 is 20.5 Å². The highest BCUT2D eigenvalue weighted by atomic mass is 32.2. The van der Waals surface area contributed by atoms with Gasteiger partial charge in [0.15, 0.2) is 4.34 Å². The fraction of sp³-hybridized carbons (Fsp3) is 0.158. The number of ether oxygens (including phenoxy) is 2. The summed E-state index contributed by atoms with van der Waals surface area (Å²) in [6.07, 6.45) is 0. The van der Waals surface area contributed by atoms with Gasteiger partial charge in [-0.1, -0.05) is 53.4 Å². The Balaban J connectivity index is 1.65. The predicted molar refractivity (Wildman–Crippen MR) is 111 cm³/mol. The van der Waals surface area contributed by atoms with Crippen molar-refractivity contribution in [1.82, 2.24) is 4.98 Å². The second-order valence-electron chi connectivity index (χ2n) is 5.46. The van der Waals surface area contributed by atoms with E-state index >= 15 is 0 Å². The molecule has 0 bridgehead atoms. The summed E-state index contributed by atoms with van der Waals surface area (Å²) in [6, 6.07) is 15.0. The largest absolute Gasteiger partial charge is 0.497 e. The van der Waals surface area contributed by atoms with Crippen molar-refractivity contribution in [3.63, 3.8) is 0 Å². The molecular weight excluding hydrogens is 382 g/mol. The number of aromatic nitrogens is 1. The number of anilines is 2. The van der Waals surface area contributed by atoms with E-state index in [1.54, 1.807) is 32.4 Å². The topological polar surface area (TPSA) is 86.5 Å². The lowest BCUT2D eigenvalue weighted by Gasteiger charge is -2.11. The van der Waals surface area contributed by atoms with Crippen LogP contribution >= 0.6 is 23.1 Å². The molecule has 1 amide bonds. The number of rotatable bonds is 7. The van der Waals surface area contributed by atoms with Crippen molar-refractivity contribution >= 4 is 39.7 Å². The lowest BCUT2D eigenvalue weighted by molar-refractivity contribution is -0.113. The average molecular weight is 402 g/mol. The minimum Gasteiger partial charge on any atom is -0.497 e. The van der Waals surface area contributed by atoms with E-state index in [0.29, 0.717) is 22.2 Å². The number of carbonyl (C=O) groups excluding carboxylic acids is 1. The number of hydrogen-bond acceptors (Lipinski definition) is 7. The molecule has 1 heterocycles. The monoisotopic (exact) mass is 401 g/mol. The van der Waals surface area contributed by atoms with E-state index < -0.39 is 0 Å². The number of carbonyl (C=O) groups is 1. The van der Waals surface area contributed by atoms with Crippen LogP contribution in [-0.2, 0) is 4.79 Å². The molecule has 0 radical (unpaired) electrons. The number of methoxy groups -OCH3 is 2. The average Bonchev–Trinajstić information content (AvgIpc) is 3.07. The molecule has 0 unspecified atom stereocenters. The number of benzene rings is 2. The summed E-state index contributed by atoms with van der Waals surface area (Å²) in [5.74, 6) is 1.25. The summed E-state index contributed by atoms with van der Waals surface area (Å²) < 4.78 is 11.2. The Hall–Kier alpha value is -2.71. The van der Waals surface area contributed by atoms with Crippen molar-refractivity contribution in [2.45, 2.75) is 4.34 Å². The summed E-state index contributed by atoms with van der Waals surface area (Å²) in [5, 5.41) is 3.48. The predicted octanol–water partition coefficient (Wildman–Crippen LogP) is 4.14. The number of nitrogens with one attached hydrogen (secondary N) is 1. The van der Waals surface area contributed by atoms with Crippen LogP contribution in [0.25, 0.3) is 11.3 Å². The molecule has 0 atom stereocenters. The minimum atomic E-state index is -0.165. The van der Waals surface area contributed by atoms with Gasteiger partial charge in [0, 0.05) is 11.6 Å². The van der Waals surface area contributed by atoms with Crippen molar-refractivity contribution in [1.29, 1.82) is 0 Å². The normalized spacial score (nSPS) is 10.4. The first-order valence-corrected chi connectivity index (χ1v) is 9.87. The number of thioether (sulfide) groups is 1. The molecule has 0 fully saturated rings. The number of thiazole rings is 1. The second-order valence-corrected chi connectivity index (χ2v) is 7.71. The fourth-order valence-electron chi connectivity index (χ4n) is 2.40. The molecule has 0 saturated heterocycles. The number of nitrogens with two attached hydrogens (primary N) is 1. The van der Waals surface area contributed by atoms with Gasteiger partial charge in [-0.15, -0.1) is 0 Å². The zero-order valence-corrected chi connectivity index (χ0v) is 16.5. The van der Waals surface area contributed by atoms with Gasteiger partial charge in [0.2, 0.25) is 5.91 Å². The van der Waals surface area contributed by atoms with Crippen LogP contribution < -0.4 is 20.5 Å². The maximum absolute atomic E-state index is 12.3. The maximum atomic E-state index is 12.3. The van der Waals surface area contributed by atoms with Crippen LogP contribution in [0.3, 0.4) is 0 Å². The van der Waals surface area contributed by atoms with Crippen LogP contribution in [0.1, 0.15) is 0 Å². The third-order valence-corrected chi connectivity index (χ3v) is 5.72. The molecule has 3 aromatic rings.